The van der Waals surface area contributed by atoms with Crippen molar-refractivity contribution >= 4 is 15.9 Å². The number of hydrogen-bond donors (Lipinski definition) is 0. The third-order valence-corrected chi connectivity index (χ3v) is 2.95. The van der Waals surface area contributed by atoms with Gasteiger partial charge < -0.3 is 4.52 Å². The molecule has 90 valence electrons. The van der Waals surface area contributed by atoms with E-state index in [2.05, 4.69) is 26.2 Å². The molecule has 0 fully saturated rings. The molecular formula is C13H10BrN3O. The summed E-state index contributed by atoms with van der Waals surface area (Å²) in [7, 11) is 0. The molecule has 0 saturated heterocycles. The second-order valence-corrected chi connectivity index (χ2v) is 4.82. The molecule has 0 aliphatic carbocycles. The van der Waals surface area contributed by atoms with Crippen molar-refractivity contribution in [1.82, 2.24) is 14.9 Å². The second-order valence-electron chi connectivity index (χ2n) is 3.90. The van der Waals surface area contributed by atoms with Gasteiger partial charge >= 0.3 is 0 Å². The SMILES string of the molecule is Brc1cnn(Cc2cc(-c3ccccc3)on2)c1. The second kappa shape index (κ2) is 4.78. The standard InChI is InChI=1S/C13H10BrN3O/c14-11-7-15-17(8-11)9-12-6-13(18-16-12)10-4-2-1-3-5-10/h1-8H,9H2. The molecule has 0 amide bonds. The summed E-state index contributed by atoms with van der Waals surface area (Å²) in [6.45, 7) is 0.599. The van der Waals surface area contributed by atoms with Crippen molar-refractivity contribution in [3.8, 4) is 11.3 Å². The van der Waals surface area contributed by atoms with Gasteiger partial charge in [0.2, 0.25) is 0 Å². The van der Waals surface area contributed by atoms with Crippen LogP contribution in [-0.2, 0) is 6.54 Å². The van der Waals surface area contributed by atoms with Gasteiger partial charge in [-0.15, -0.1) is 0 Å². The maximum Gasteiger partial charge on any atom is 0.167 e. The fraction of sp³-hybridized carbons (Fsp3) is 0.0769. The van der Waals surface area contributed by atoms with E-state index < -0.39 is 0 Å². The van der Waals surface area contributed by atoms with Crippen molar-refractivity contribution in [3.05, 3.63) is 59.0 Å². The molecule has 0 radical (unpaired) electrons. The minimum absolute atomic E-state index is 0.599. The van der Waals surface area contributed by atoms with E-state index in [9.17, 15) is 0 Å². The Kier molecular flexibility index (Phi) is 2.98. The third kappa shape index (κ3) is 2.36. The Bertz CT molecular complexity index is 645. The highest BCUT2D eigenvalue weighted by molar-refractivity contribution is 9.10. The van der Waals surface area contributed by atoms with Gasteiger partial charge in [0.15, 0.2) is 5.76 Å². The molecule has 0 N–H and O–H groups in total. The van der Waals surface area contributed by atoms with Crippen LogP contribution in [0.25, 0.3) is 11.3 Å². The lowest BCUT2D eigenvalue weighted by atomic mass is 10.2. The Balaban J connectivity index is 1.82. The number of hydrogen-bond acceptors (Lipinski definition) is 3. The van der Waals surface area contributed by atoms with E-state index in [0.29, 0.717) is 6.54 Å². The fourth-order valence-corrected chi connectivity index (χ4v) is 2.04. The largest absolute Gasteiger partial charge is 0.356 e. The van der Waals surface area contributed by atoms with Gasteiger partial charge in [0.05, 0.1) is 17.2 Å². The van der Waals surface area contributed by atoms with Crippen LogP contribution in [0.3, 0.4) is 0 Å². The molecule has 0 saturated carbocycles. The molecule has 18 heavy (non-hydrogen) atoms. The molecule has 1 aromatic carbocycles. The zero-order valence-electron chi connectivity index (χ0n) is 9.45. The highest BCUT2D eigenvalue weighted by atomic mass is 79.9. The lowest BCUT2D eigenvalue weighted by molar-refractivity contribution is 0.419. The van der Waals surface area contributed by atoms with Gasteiger partial charge in [-0.3, -0.25) is 4.68 Å². The van der Waals surface area contributed by atoms with Crippen molar-refractivity contribution in [3.63, 3.8) is 0 Å². The molecule has 4 nitrogen and oxygen atoms in total. The molecule has 0 aliphatic rings. The minimum Gasteiger partial charge on any atom is -0.356 e. The van der Waals surface area contributed by atoms with Crippen LogP contribution in [0.5, 0.6) is 0 Å². The van der Waals surface area contributed by atoms with Gasteiger partial charge in [0.25, 0.3) is 0 Å². The Hall–Kier alpha value is -1.88. The van der Waals surface area contributed by atoms with Crippen molar-refractivity contribution in [2.24, 2.45) is 0 Å². The van der Waals surface area contributed by atoms with E-state index >= 15 is 0 Å². The van der Waals surface area contributed by atoms with Gasteiger partial charge in [-0.1, -0.05) is 35.5 Å². The number of nitrogens with zero attached hydrogens (tertiary/aromatic N) is 3. The van der Waals surface area contributed by atoms with Crippen LogP contribution in [0.15, 0.2) is 57.8 Å². The number of benzene rings is 1. The predicted molar refractivity (Wildman–Crippen MR) is 71.0 cm³/mol. The summed E-state index contributed by atoms with van der Waals surface area (Å²) >= 11 is 3.36. The monoisotopic (exact) mass is 303 g/mol. The smallest absolute Gasteiger partial charge is 0.167 e. The van der Waals surface area contributed by atoms with Gasteiger partial charge in [0, 0.05) is 17.8 Å². The quantitative estimate of drug-likeness (QED) is 0.745. The van der Waals surface area contributed by atoms with E-state index in [4.69, 9.17) is 4.52 Å². The van der Waals surface area contributed by atoms with Crippen LogP contribution in [0.4, 0.5) is 0 Å². The van der Waals surface area contributed by atoms with E-state index in [1.807, 2.05) is 42.6 Å². The Labute approximate surface area is 112 Å². The van der Waals surface area contributed by atoms with E-state index in [1.54, 1.807) is 10.9 Å². The summed E-state index contributed by atoms with van der Waals surface area (Å²) in [6.07, 6.45) is 3.65. The summed E-state index contributed by atoms with van der Waals surface area (Å²) in [5.41, 5.74) is 1.88. The average Bonchev–Trinajstić information content (AvgIpc) is 3.01. The van der Waals surface area contributed by atoms with Crippen molar-refractivity contribution < 1.29 is 4.52 Å². The first-order valence-corrected chi connectivity index (χ1v) is 6.29. The summed E-state index contributed by atoms with van der Waals surface area (Å²) < 4.78 is 8.08. The molecule has 5 heteroatoms. The molecule has 2 aromatic heterocycles. The number of aromatic nitrogens is 3. The Morgan fingerprint density at radius 2 is 2.06 bits per heavy atom. The van der Waals surface area contributed by atoms with Gasteiger partial charge in [0.1, 0.15) is 5.69 Å². The van der Waals surface area contributed by atoms with Crippen LogP contribution in [0, 0.1) is 0 Å². The van der Waals surface area contributed by atoms with Crippen LogP contribution in [0.2, 0.25) is 0 Å². The number of halogens is 1. The third-order valence-electron chi connectivity index (χ3n) is 2.54. The van der Waals surface area contributed by atoms with Crippen LogP contribution in [-0.4, -0.2) is 14.9 Å². The van der Waals surface area contributed by atoms with Crippen molar-refractivity contribution in [2.45, 2.75) is 6.54 Å². The summed E-state index contributed by atoms with van der Waals surface area (Å²) in [6, 6.07) is 11.8. The molecular weight excluding hydrogens is 294 g/mol. The van der Waals surface area contributed by atoms with E-state index in [1.165, 1.54) is 0 Å². The fourth-order valence-electron chi connectivity index (χ4n) is 1.72. The maximum atomic E-state index is 5.33. The molecule has 2 heterocycles. The van der Waals surface area contributed by atoms with Crippen LogP contribution >= 0.6 is 15.9 Å². The lowest BCUT2D eigenvalue weighted by Gasteiger charge is -1.94. The first kappa shape index (κ1) is 11.2. The Morgan fingerprint density at radius 3 is 2.78 bits per heavy atom. The summed E-state index contributed by atoms with van der Waals surface area (Å²) in [5, 5.41) is 8.23. The maximum absolute atomic E-state index is 5.33. The van der Waals surface area contributed by atoms with Crippen molar-refractivity contribution in [1.29, 1.82) is 0 Å². The molecule has 0 aliphatic heterocycles. The molecule has 0 spiro atoms. The lowest BCUT2D eigenvalue weighted by Crippen LogP contribution is -1.99. The minimum atomic E-state index is 0.599. The zero-order chi connectivity index (χ0) is 12.4. The highest BCUT2D eigenvalue weighted by Gasteiger charge is 2.07. The van der Waals surface area contributed by atoms with Crippen molar-refractivity contribution in [2.75, 3.05) is 0 Å². The van der Waals surface area contributed by atoms with Crippen LogP contribution in [0.1, 0.15) is 5.69 Å². The molecule has 3 aromatic rings. The van der Waals surface area contributed by atoms with Crippen LogP contribution < -0.4 is 0 Å². The molecule has 3 rings (SSSR count). The van der Waals surface area contributed by atoms with Gasteiger partial charge in [-0.05, 0) is 15.9 Å². The normalized spacial score (nSPS) is 10.7. The first-order valence-electron chi connectivity index (χ1n) is 5.50. The van der Waals surface area contributed by atoms with Gasteiger partial charge in [-0.2, -0.15) is 5.10 Å². The molecule has 0 atom stereocenters. The average molecular weight is 304 g/mol. The highest BCUT2D eigenvalue weighted by Crippen LogP contribution is 2.20. The van der Waals surface area contributed by atoms with Gasteiger partial charge in [-0.25, -0.2) is 0 Å². The molecule has 0 unspecified atom stereocenters. The predicted octanol–water partition coefficient (Wildman–Crippen LogP) is 3.35. The first-order chi connectivity index (χ1) is 8.81. The van der Waals surface area contributed by atoms with E-state index in [-0.39, 0.29) is 0 Å². The topological polar surface area (TPSA) is 43.9 Å². The Morgan fingerprint density at radius 1 is 1.22 bits per heavy atom. The number of rotatable bonds is 3. The molecule has 0 bridgehead atoms. The summed E-state index contributed by atoms with van der Waals surface area (Å²) in [4.78, 5) is 0. The van der Waals surface area contributed by atoms with E-state index in [0.717, 1.165) is 21.5 Å². The summed E-state index contributed by atoms with van der Waals surface area (Å²) in [5.74, 6) is 0.775. The zero-order valence-corrected chi connectivity index (χ0v) is 11.0.